The van der Waals surface area contributed by atoms with Crippen molar-refractivity contribution in [3.05, 3.63) is 35.4 Å². The quantitative estimate of drug-likeness (QED) is 0.688. The summed E-state index contributed by atoms with van der Waals surface area (Å²) in [6, 6.07) is 8.16. The summed E-state index contributed by atoms with van der Waals surface area (Å²) in [5, 5.41) is 0. The molecule has 118 valence electrons. The Bertz CT molecular complexity index is 574. The Hall–Kier alpha value is -1.84. The van der Waals surface area contributed by atoms with Gasteiger partial charge in [0.05, 0.1) is 0 Å². The summed E-state index contributed by atoms with van der Waals surface area (Å²) in [6.07, 6.45) is 1.97. The minimum absolute atomic E-state index is 0.321. The molecule has 3 rings (SSSR count). The number of likely N-dealkylation sites (tertiary alicyclic amines) is 1. The molecule has 0 aliphatic carbocycles. The zero-order chi connectivity index (χ0) is 15.7. The first kappa shape index (κ1) is 15.1. The highest BCUT2D eigenvalue weighted by Gasteiger charge is 2.32. The summed E-state index contributed by atoms with van der Waals surface area (Å²) < 4.78 is 0. The van der Waals surface area contributed by atoms with Gasteiger partial charge in [-0.25, -0.2) is 0 Å². The monoisotopic (exact) mass is 300 g/mol. The third kappa shape index (κ3) is 3.01. The van der Waals surface area contributed by atoms with E-state index >= 15 is 0 Å². The van der Waals surface area contributed by atoms with E-state index in [1.54, 1.807) is 9.80 Å². The van der Waals surface area contributed by atoms with Crippen LogP contribution in [-0.4, -0.2) is 41.2 Å². The molecule has 22 heavy (non-hydrogen) atoms. The topological polar surface area (TPSA) is 40.6 Å². The molecule has 2 aliphatic rings. The molecule has 2 amide bonds. The Morgan fingerprint density at radius 3 is 2.23 bits per heavy atom. The van der Waals surface area contributed by atoms with Crippen LogP contribution in [-0.2, 0) is 22.6 Å². The summed E-state index contributed by atoms with van der Waals surface area (Å²) in [5.74, 6) is 0.291. The average molecular weight is 300 g/mol. The molecule has 2 unspecified atom stereocenters. The largest absolute Gasteiger partial charge is 0.334 e. The Kier molecular flexibility index (Phi) is 4.19. The van der Waals surface area contributed by atoms with E-state index in [0.717, 1.165) is 18.4 Å². The highest BCUT2D eigenvalue weighted by molar-refractivity contribution is 6.34. The zero-order valence-electron chi connectivity index (χ0n) is 13.4. The molecule has 2 atom stereocenters. The normalized spacial score (nSPS) is 24.8. The fourth-order valence-corrected chi connectivity index (χ4v) is 3.77. The molecule has 0 spiro atoms. The van der Waals surface area contributed by atoms with Crippen molar-refractivity contribution in [1.29, 1.82) is 0 Å². The molecule has 0 bridgehead atoms. The van der Waals surface area contributed by atoms with Gasteiger partial charge in [0.25, 0.3) is 0 Å². The van der Waals surface area contributed by atoms with Crippen LogP contribution < -0.4 is 0 Å². The minimum atomic E-state index is -0.337. The first-order valence-corrected chi connectivity index (χ1v) is 8.19. The van der Waals surface area contributed by atoms with Crippen molar-refractivity contribution < 1.29 is 9.59 Å². The molecule has 1 aromatic carbocycles. The van der Waals surface area contributed by atoms with Gasteiger partial charge in [-0.2, -0.15) is 0 Å². The van der Waals surface area contributed by atoms with Crippen molar-refractivity contribution in [3.63, 3.8) is 0 Å². The molecular formula is C18H24N2O2. The lowest BCUT2D eigenvalue weighted by atomic mass is 9.92. The lowest BCUT2D eigenvalue weighted by Crippen LogP contribution is -2.50. The predicted octanol–water partition coefficient (Wildman–Crippen LogP) is 2.08. The second kappa shape index (κ2) is 6.11. The molecule has 0 N–H and O–H groups in total. The Morgan fingerprint density at radius 1 is 0.955 bits per heavy atom. The van der Waals surface area contributed by atoms with Crippen LogP contribution in [0.15, 0.2) is 24.3 Å². The van der Waals surface area contributed by atoms with Crippen LogP contribution in [0.25, 0.3) is 0 Å². The highest BCUT2D eigenvalue weighted by Crippen LogP contribution is 2.23. The van der Waals surface area contributed by atoms with Crippen LogP contribution in [0, 0.1) is 11.8 Å². The second-order valence-electron chi connectivity index (χ2n) is 6.90. The van der Waals surface area contributed by atoms with Gasteiger partial charge in [0, 0.05) is 26.2 Å². The van der Waals surface area contributed by atoms with Crippen LogP contribution in [0.4, 0.5) is 0 Å². The highest BCUT2D eigenvalue weighted by atomic mass is 16.2. The number of amides is 2. The van der Waals surface area contributed by atoms with Crippen molar-refractivity contribution in [2.45, 2.75) is 33.2 Å². The average Bonchev–Trinajstić information content (AvgIpc) is 2.52. The maximum Gasteiger partial charge on any atom is 0.312 e. The van der Waals surface area contributed by atoms with Crippen molar-refractivity contribution in [1.82, 2.24) is 9.80 Å². The lowest BCUT2D eigenvalue weighted by molar-refractivity contribution is -0.153. The van der Waals surface area contributed by atoms with Crippen molar-refractivity contribution in [3.8, 4) is 0 Å². The fraction of sp³-hybridized carbons (Fsp3) is 0.556. The van der Waals surface area contributed by atoms with Gasteiger partial charge in [-0.05, 0) is 35.8 Å². The number of benzene rings is 1. The van der Waals surface area contributed by atoms with E-state index in [9.17, 15) is 9.59 Å². The number of nitrogens with zero attached hydrogens (tertiary/aromatic N) is 2. The molecule has 2 heterocycles. The molecule has 1 fully saturated rings. The van der Waals surface area contributed by atoms with Crippen molar-refractivity contribution in [2.24, 2.45) is 11.8 Å². The first-order valence-electron chi connectivity index (χ1n) is 8.19. The van der Waals surface area contributed by atoms with E-state index in [1.165, 1.54) is 5.56 Å². The van der Waals surface area contributed by atoms with Gasteiger partial charge in [0.2, 0.25) is 0 Å². The lowest BCUT2D eigenvalue weighted by Gasteiger charge is -2.36. The van der Waals surface area contributed by atoms with Crippen molar-refractivity contribution in [2.75, 3.05) is 19.6 Å². The van der Waals surface area contributed by atoms with Gasteiger partial charge in [-0.15, -0.1) is 0 Å². The summed E-state index contributed by atoms with van der Waals surface area (Å²) >= 11 is 0. The van der Waals surface area contributed by atoms with Crippen molar-refractivity contribution >= 4 is 11.8 Å². The van der Waals surface area contributed by atoms with Crippen LogP contribution in [0.3, 0.4) is 0 Å². The fourth-order valence-electron chi connectivity index (χ4n) is 3.77. The number of carbonyl (C=O) groups is 2. The smallest absolute Gasteiger partial charge is 0.312 e. The second-order valence-corrected chi connectivity index (χ2v) is 6.90. The SMILES string of the molecule is CC1CC(C)CN(C(=O)C(=O)N2CCc3ccccc3C2)C1. The van der Waals surface area contributed by atoms with E-state index in [2.05, 4.69) is 19.9 Å². The van der Waals surface area contributed by atoms with E-state index in [-0.39, 0.29) is 11.8 Å². The van der Waals surface area contributed by atoms with Gasteiger partial charge in [-0.3, -0.25) is 9.59 Å². The Balaban J connectivity index is 1.68. The third-order valence-electron chi connectivity index (χ3n) is 4.76. The van der Waals surface area contributed by atoms with Crippen LogP contribution in [0.2, 0.25) is 0 Å². The number of hydrogen-bond donors (Lipinski definition) is 0. The maximum absolute atomic E-state index is 12.6. The molecule has 4 heteroatoms. The van der Waals surface area contributed by atoms with E-state index in [1.807, 2.05) is 18.2 Å². The molecular weight excluding hydrogens is 276 g/mol. The van der Waals surface area contributed by atoms with Gasteiger partial charge in [-0.1, -0.05) is 38.1 Å². The predicted molar refractivity (Wildman–Crippen MR) is 85.1 cm³/mol. The van der Waals surface area contributed by atoms with Crippen LogP contribution in [0.5, 0.6) is 0 Å². The zero-order valence-corrected chi connectivity index (χ0v) is 13.4. The molecule has 0 saturated carbocycles. The third-order valence-corrected chi connectivity index (χ3v) is 4.76. The summed E-state index contributed by atoms with van der Waals surface area (Å²) in [6.45, 7) is 6.91. The molecule has 0 aromatic heterocycles. The number of fused-ring (bicyclic) bond motifs is 1. The van der Waals surface area contributed by atoms with Gasteiger partial charge in [0.15, 0.2) is 0 Å². The Labute approximate surface area is 132 Å². The van der Waals surface area contributed by atoms with E-state index < -0.39 is 0 Å². The standard InChI is InChI=1S/C18H24N2O2/c1-13-9-14(2)11-20(10-13)18(22)17(21)19-8-7-15-5-3-4-6-16(15)12-19/h3-6,13-14H,7-12H2,1-2H3. The maximum atomic E-state index is 12.6. The van der Waals surface area contributed by atoms with Gasteiger partial charge < -0.3 is 9.80 Å². The molecule has 1 aromatic rings. The number of piperidine rings is 1. The van der Waals surface area contributed by atoms with E-state index in [0.29, 0.717) is 38.0 Å². The number of carbonyl (C=O) groups excluding carboxylic acids is 2. The van der Waals surface area contributed by atoms with Gasteiger partial charge >= 0.3 is 11.8 Å². The molecule has 2 aliphatic heterocycles. The number of hydrogen-bond acceptors (Lipinski definition) is 2. The van der Waals surface area contributed by atoms with Crippen LogP contribution in [0.1, 0.15) is 31.4 Å². The molecule has 1 saturated heterocycles. The molecule has 0 radical (unpaired) electrons. The van der Waals surface area contributed by atoms with Gasteiger partial charge in [0.1, 0.15) is 0 Å². The molecule has 4 nitrogen and oxygen atoms in total. The summed E-state index contributed by atoms with van der Waals surface area (Å²) in [4.78, 5) is 28.5. The van der Waals surface area contributed by atoms with E-state index in [4.69, 9.17) is 0 Å². The minimum Gasteiger partial charge on any atom is -0.334 e. The first-order chi connectivity index (χ1) is 10.5. The summed E-state index contributed by atoms with van der Waals surface area (Å²) in [5.41, 5.74) is 2.45. The van der Waals surface area contributed by atoms with Crippen LogP contribution >= 0.6 is 0 Å². The summed E-state index contributed by atoms with van der Waals surface area (Å²) in [7, 11) is 0. The number of rotatable bonds is 0. The Morgan fingerprint density at radius 2 is 1.55 bits per heavy atom.